The lowest BCUT2D eigenvalue weighted by Crippen LogP contribution is -2.40. The molecular weight excluding hydrogens is 176 g/mol. The SMILES string of the molecule is NC(CNc1cnccn1)C1CCC1. The van der Waals surface area contributed by atoms with Gasteiger partial charge in [0, 0.05) is 25.0 Å². The maximum atomic E-state index is 6.02. The number of hydrogen-bond donors (Lipinski definition) is 2. The molecule has 1 saturated carbocycles. The minimum atomic E-state index is 0.255. The van der Waals surface area contributed by atoms with Gasteiger partial charge in [0.1, 0.15) is 5.82 Å². The van der Waals surface area contributed by atoms with Gasteiger partial charge in [-0.05, 0) is 18.8 Å². The molecule has 4 heteroatoms. The molecule has 76 valence electrons. The van der Waals surface area contributed by atoms with E-state index in [4.69, 9.17) is 5.73 Å². The lowest BCUT2D eigenvalue weighted by molar-refractivity contribution is 0.268. The first-order valence-corrected chi connectivity index (χ1v) is 5.12. The van der Waals surface area contributed by atoms with Crippen molar-refractivity contribution in [1.82, 2.24) is 9.97 Å². The standard InChI is InChI=1S/C10H16N4/c11-9(8-2-1-3-8)6-14-10-7-12-4-5-13-10/h4-5,7-9H,1-3,6,11H2,(H,13,14). The highest BCUT2D eigenvalue weighted by Gasteiger charge is 2.23. The lowest BCUT2D eigenvalue weighted by Gasteiger charge is -2.31. The van der Waals surface area contributed by atoms with Crippen molar-refractivity contribution in [3.63, 3.8) is 0 Å². The molecule has 3 N–H and O–H groups in total. The molecule has 1 aromatic heterocycles. The van der Waals surface area contributed by atoms with Crippen LogP contribution in [0.25, 0.3) is 0 Å². The Bertz CT molecular complexity index is 271. The predicted molar refractivity (Wildman–Crippen MR) is 55.8 cm³/mol. The third-order valence-corrected chi connectivity index (χ3v) is 2.84. The quantitative estimate of drug-likeness (QED) is 0.747. The highest BCUT2D eigenvalue weighted by Crippen LogP contribution is 2.28. The Labute approximate surface area is 83.9 Å². The zero-order chi connectivity index (χ0) is 9.80. The number of aromatic nitrogens is 2. The van der Waals surface area contributed by atoms with Gasteiger partial charge in [0.15, 0.2) is 0 Å². The number of anilines is 1. The van der Waals surface area contributed by atoms with Gasteiger partial charge in [0.25, 0.3) is 0 Å². The van der Waals surface area contributed by atoms with Crippen LogP contribution in [0.4, 0.5) is 5.82 Å². The summed E-state index contributed by atoms with van der Waals surface area (Å²) < 4.78 is 0. The minimum Gasteiger partial charge on any atom is -0.367 e. The second-order valence-electron chi connectivity index (χ2n) is 3.83. The fraction of sp³-hybridized carbons (Fsp3) is 0.600. The maximum Gasteiger partial charge on any atom is 0.144 e. The van der Waals surface area contributed by atoms with Crippen molar-refractivity contribution in [3.05, 3.63) is 18.6 Å². The van der Waals surface area contributed by atoms with E-state index in [2.05, 4.69) is 15.3 Å². The molecule has 1 atom stereocenters. The van der Waals surface area contributed by atoms with Crippen molar-refractivity contribution in [2.45, 2.75) is 25.3 Å². The first kappa shape index (κ1) is 9.40. The summed E-state index contributed by atoms with van der Waals surface area (Å²) >= 11 is 0. The minimum absolute atomic E-state index is 0.255. The molecule has 1 aliphatic rings. The van der Waals surface area contributed by atoms with Gasteiger partial charge in [0.2, 0.25) is 0 Å². The van der Waals surface area contributed by atoms with E-state index in [1.807, 2.05) is 0 Å². The molecule has 0 aromatic carbocycles. The van der Waals surface area contributed by atoms with Crippen LogP contribution in [0, 0.1) is 5.92 Å². The summed E-state index contributed by atoms with van der Waals surface area (Å²) in [5.41, 5.74) is 6.02. The highest BCUT2D eigenvalue weighted by molar-refractivity contribution is 5.29. The van der Waals surface area contributed by atoms with Crippen molar-refractivity contribution >= 4 is 5.82 Å². The van der Waals surface area contributed by atoms with Gasteiger partial charge in [-0.2, -0.15) is 0 Å². The van der Waals surface area contributed by atoms with E-state index in [1.54, 1.807) is 18.6 Å². The molecule has 14 heavy (non-hydrogen) atoms. The van der Waals surface area contributed by atoms with Crippen LogP contribution in [0.3, 0.4) is 0 Å². The van der Waals surface area contributed by atoms with E-state index >= 15 is 0 Å². The number of nitrogens with one attached hydrogen (secondary N) is 1. The molecule has 0 spiro atoms. The summed E-state index contributed by atoms with van der Waals surface area (Å²) in [6, 6.07) is 0.255. The Kier molecular flexibility index (Phi) is 2.93. The number of nitrogens with two attached hydrogens (primary N) is 1. The fourth-order valence-electron chi connectivity index (χ4n) is 1.65. The molecule has 0 saturated heterocycles. The van der Waals surface area contributed by atoms with E-state index in [1.165, 1.54) is 19.3 Å². The van der Waals surface area contributed by atoms with Crippen LogP contribution in [-0.4, -0.2) is 22.6 Å². The summed E-state index contributed by atoms with van der Waals surface area (Å²) in [7, 11) is 0. The van der Waals surface area contributed by atoms with E-state index in [-0.39, 0.29) is 6.04 Å². The van der Waals surface area contributed by atoms with Gasteiger partial charge in [-0.3, -0.25) is 4.98 Å². The van der Waals surface area contributed by atoms with Gasteiger partial charge in [0.05, 0.1) is 6.20 Å². The molecule has 0 amide bonds. The third kappa shape index (κ3) is 2.20. The Morgan fingerprint density at radius 2 is 2.36 bits per heavy atom. The van der Waals surface area contributed by atoms with E-state index in [0.29, 0.717) is 5.92 Å². The van der Waals surface area contributed by atoms with Crippen molar-refractivity contribution in [2.24, 2.45) is 11.7 Å². The van der Waals surface area contributed by atoms with E-state index in [0.717, 1.165) is 12.4 Å². The summed E-state index contributed by atoms with van der Waals surface area (Å²) in [5.74, 6) is 1.52. The second kappa shape index (κ2) is 4.37. The van der Waals surface area contributed by atoms with Crippen LogP contribution in [0.1, 0.15) is 19.3 Å². The molecule has 0 radical (unpaired) electrons. The van der Waals surface area contributed by atoms with Gasteiger partial charge in [-0.25, -0.2) is 4.98 Å². The van der Waals surface area contributed by atoms with Crippen LogP contribution in [-0.2, 0) is 0 Å². The van der Waals surface area contributed by atoms with Crippen LogP contribution in [0.15, 0.2) is 18.6 Å². The summed E-state index contributed by atoms with van der Waals surface area (Å²) in [6.45, 7) is 0.795. The predicted octanol–water partition coefficient (Wildman–Crippen LogP) is 1.02. The zero-order valence-electron chi connectivity index (χ0n) is 8.19. The van der Waals surface area contributed by atoms with Crippen molar-refractivity contribution in [1.29, 1.82) is 0 Å². The molecule has 1 aromatic rings. The number of hydrogen-bond acceptors (Lipinski definition) is 4. The molecule has 1 fully saturated rings. The van der Waals surface area contributed by atoms with Gasteiger partial charge in [-0.1, -0.05) is 6.42 Å². The van der Waals surface area contributed by atoms with Crippen LogP contribution >= 0.6 is 0 Å². The molecule has 0 aliphatic heterocycles. The summed E-state index contributed by atoms with van der Waals surface area (Å²) in [4.78, 5) is 8.10. The molecule has 1 unspecified atom stereocenters. The van der Waals surface area contributed by atoms with Crippen LogP contribution in [0.2, 0.25) is 0 Å². The smallest absolute Gasteiger partial charge is 0.144 e. The van der Waals surface area contributed by atoms with Crippen LogP contribution in [0.5, 0.6) is 0 Å². The first-order chi connectivity index (χ1) is 6.86. The van der Waals surface area contributed by atoms with Gasteiger partial charge in [-0.15, -0.1) is 0 Å². The Hall–Kier alpha value is -1.16. The van der Waals surface area contributed by atoms with Gasteiger partial charge < -0.3 is 11.1 Å². The monoisotopic (exact) mass is 192 g/mol. The first-order valence-electron chi connectivity index (χ1n) is 5.12. The Morgan fingerprint density at radius 3 is 2.93 bits per heavy atom. The lowest BCUT2D eigenvalue weighted by atomic mass is 9.80. The van der Waals surface area contributed by atoms with Crippen LogP contribution < -0.4 is 11.1 Å². The third-order valence-electron chi connectivity index (χ3n) is 2.84. The summed E-state index contributed by atoms with van der Waals surface area (Å²) in [5, 5.41) is 3.19. The van der Waals surface area contributed by atoms with Gasteiger partial charge >= 0.3 is 0 Å². The molecule has 4 nitrogen and oxygen atoms in total. The Balaban J connectivity index is 1.76. The molecule has 0 bridgehead atoms. The fourth-order valence-corrected chi connectivity index (χ4v) is 1.65. The largest absolute Gasteiger partial charge is 0.367 e. The van der Waals surface area contributed by atoms with Crippen molar-refractivity contribution in [3.8, 4) is 0 Å². The van der Waals surface area contributed by atoms with E-state index < -0.39 is 0 Å². The van der Waals surface area contributed by atoms with Crippen molar-refractivity contribution in [2.75, 3.05) is 11.9 Å². The zero-order valence-corrected chi connectivity index (χ0v) is 8.19. The molecular formula is C10H16N4. The number of rotatable bonds is 4. The highest BCUT2D eigenvalue weighted by atomic mass is 15.0. The second-order valence-corrected chi connectivity index (χ2v) is 3.83. The van der Waals surface area contributed by atoms with Crippen molar-refractivity contribution < 1.29 is 0 Å². The Morgan fingerprint density at radius 1 is 1.50 bits per heavy atom. The maximum absolute atomic E-state index is 6.02. The average Bonchev–Trinajstić information content (AvgIpc) is 2.14. The molecule has 1 aliphatic carbocycles. The number of nitrogens with zero attached hydrogens (tertiary/aromatic N) is 2. The molecule has 1 heterocycles. The topological polar surface area (TPSA) is 63.8 Å². The summed E-state index contributed by atoms with van der Waals surface area (Å²) in [6.07, 6.45) is 8.96. The van der Waals surface area contributed by atoms with E-state index in [9.17, 15) is 0 Å². The molecule has 2 rings (SSSR count). The normalized spacial score (nSPS) is 18.6. The average molecular weight is 192 g/mol.